The predicted octanol–water partition coefficient (Wildman–Crippen LogP) is 2.44. The van der Waals surface area contributed by atoms with E-state index in [-0.39, 0.29) is 18.1 Å². The average molecular weight is 250 g/mol. The van der Waals surface area contributed by atoms with Crippen LogP contribution in [0, 0.1) is 0 Å². The van der Waals surface area contributed by atoms with Crippen molar-refractivity contribution >= 4 is 17.3 Å². The van der Waals surface area contributed by atoms with E-state index in [9.17, 15) is 4.79 Å². The molecule has 0 aliphatic heterocycles. The summed E-state index contributed by atoms with van der Waals surface area (Å²) in [5, 5.41) is 0. The number of rotatable bonds is 5. The summed E-state index contributed by atoms with van der Waals surface area (Å²) >= 11 is 0. The third kappa shape index (κ3) is 4.04. The van der Waals surface area contributed by atoms with E-state index in [2.05, 4.69) is 0 Å². The lowest BCUT2D eigenvalue weighted by Crippen LogP contribution is -2.34. The molecule has 0 aromatic heterocycles. The first kappa shape index (κ1) is 14.5. The Balaban J connectivity index is 2.59. The van der Waals surface area contributed by atoms with Crippen molar-refractivity contribution in [3.63, 3.8) is 0 Å². The fraction of sp³-hybridized carbons (Fsp3) is 0.500. The van der Waals surface area contributed by atoms with Crippen LogP contribution in [0.3, 0.4) is 0 Å². The number of nitrogens with zero attached hydrogens (tertiary/aromatic N) is 1. The zero-order valence-corrected chi connectivity index (χ0v) is 11.6. The molecule has 18 heavy (non-hydrogen) atoms. The molecule has 0 aliphatic carbocycles. The molecular weight excluding hydrogens is 228 g/mol. The molecule has 0 saturated heterocycles. The van der Waals surface area contributed by atoms with E-state index < -0.39 is 0 Å². The number of nitrogen functional groups attached to an aromatic ring is 1. The van der Waals surface area contributed by atoms with Crippen LogP contribution in [-0.4, -0.2) is 25.2 Å². The minimum atomic E-state index is -0.266. The summed E-state index contributed by atoms with van der Waals surface area (Å²) < 4.78 is 5.59. The number of hydrogen-bond acceptors (Lipinski definition) is 3. The Hall–Kier alpha value is -1.55. The van der Waals surface area contributed by atoms with Gasteiger partial charge >= 0.3 is 0 Å². The van der Waals surface area contributed by atoms with Crippen LogP contribution in [-0.2, 0) is 9.53 Å². The standard InChI is InChI=1S/C14H22N2O2/c1-5-14(2,3)18-10-13(17)16(4)12-8-6-11(15)7-9-12/h6-9H,5,10,15H2,1-4H3. The normalized spacial score (nSPS) is 11.3. The molecule has 4 nitrogen and oxygen atoms in total. The van der Waals surface area contributed by atoms with Crippen molar-refractivity contribution in [2.24, 2.45) is 0 Å². The van der Waals surface area contributed by atoms with Crippen LogP contribution in [0.15, 0.2) is 24.3 Å². The number of hydrogen-bond donors (Lipinski definition) is 1. The zero-order valence-electron chi connectivity index (χ0n) is 11.6. The zero-order chi connectivity index (χ0) is 13.8. The summed E-state index contributed by atoms with van der Waals surface area (Å²) in [4.78, 5) is 13.5. The first-order valence-corrected chi connectivity index (χ1v) is 6.12. The van der Waals surface area contributed by atoms with Crippen molar-refractivity contribution in [3.05, 3.63) is 24.3 Å². The van der Waals surface area contributed by atoms with Gasteiger partial charge in [0.2, 0.25) is 0 Å². The fourth-order valence-corrected chi connectivity index (χ4v) is 1.30. The molecule has 0 atom stereocenters. The fourth-order valence-electron chi connectivity index (χ4n) is 1.30. The van der Waals surface area contributed by atoms with Gasteiger partial charge in [-0.15, -0.1) is 0 Å². The lowest BCUT2D eigenvalue weighted by molar-refractivity contribution is -0.128. The van der Waals surface area contributed by atoms with Crippen molar-refractivity contribution in [1.82, 2.24) is 0 Å². The van der Waals surface area contributed by atoms with Crippen LogP contribution < -0.4 is 10.6 Å². The number of amides is 1. The second-order valence-corrected chi connectivity index (χ2v) is 4.95. The van der Waals surface area contributed by atoms with Crippen LogP contribution in [0.4, 0.5) is 11.4 Å². The highest BCUT2D eigenvalue weighted by Crippen LogP contribution is 2.17. The van der Waals surface area contributed by atoms with Gasteiger partial charge in [0.15, 0.2) is 0 Å². The second kappa shape index (κ2) is 5.87. The van der Waals surface area contributed by atoms with Gasteiger partial charge in [-0.05, 0) is 44.5 Å². The third-order valence-corrected chi connectivity index (χ3v) is 3.09. The topological polar surface area (TPSA) is 55.6 Å². The van der Waals surface area contributed by atoms with E-state index in [1.165, 1.54) is 0 Å². The van der Waals surface area contributed by atoms with E-state index >= 15 is 0 Å². The summed E-state index contributed by atoms with van der Waals surface area (Å²) in [5.41, 5.74) is 6.84. The van der Waals surface area contributed by atoms with Crippen molar-refractivity contribution < 1.29 is 9.53 Å². The number of carbonyl (C=O) groups is 1. The minimum Gasteiger partial charge on any atom is -0.399 e. The van der Waals surface area contributed by atoms with E-state index in [4.69, 9.17) is 10.5 Å². The molecule has 0 aliphatic rings. The SMILES string of the molecule is CCC(C)(C)OCC(=O)N(C)c1ccc(N)cc1. The average Bonchev–Trinajstić information content (AvgIpc) is 2.36. The maximum absolute atomic E-state index is 12.0. The molecule has 1 amide bonds. The number of likely N-dealkylation sites (N-methyl/N-ethyl adjacent to an activating group) is 1. The van der Waals surface area contributed by atoms with Crippen LogP contribution in [0.2, 0.25) is 0 Å². The Bertz CT molecular complexity index is 399. The van der Waals surface area contributed by atoms with Crippen LogP contribution in [0.5, 0.6) is 0 Å². The number of ether oxygens (including phenoxy) is 1. The molecule has 0 bridgehead atoms. The summed E-state index contributed by atoms with van der Waals surface area (Å²) in [6.07, 6.45) is 0.867. The van der Waals surface area contributed by atoms with Gasteiger partial charge in [0.25, 0.3) is 5.91 Å². The van der Waals surface area contributed by atoms with Crippen molar-refractivity contribution in [1.29, 1.82) is 0 Å². The maximum Gasteiger partial charge on any atom is 0.252 e. The Morgan fingerprint density at radius 1 is 1.33 bits per heavy atom. The largest absolute Gasteiger partial charge is 0.399 e. The summed E-state index contributed by atoms with van der Waals surface area (Å²) in [6.45, 7) is 6.07. The Labute approximate surface area is 109 Å². The smallest absolute Gasteiger partial charge is 0.252 e. The maximum atomic E-state index is 12.0. The molecule has 0 spiro atoms. The molecule has 0 saturated carbocycles. The van der Waals surface area contributed by atoms with Gasteiger partial charge in [-0.1, -0.05) is 6.92 Å². The van der Waals surface area contributed by atoms with Crippen molar-refractivity contribution in [2.75, 3.05) is 24.3 Å². The molecular formula is C14H22N2O2. The minimum absolute atomic E-state index is 0.0682. The lowest BCUT2D eigenvalue weighted by atomic mass is 10.1. The quantitative estimate of drug-likeness (QED) is 0.817. The summed E-state index contributed by atoms with van der Waals surface area (Å²) in [5.74, 6) is -0.0682. The van der Waals surface area contributed by atoms with Crippen molar-refractivity contribution in [3.8, 4) is 0 Å². The van der Waals surface area contributed by atoms with Gasteiger partial charge in [0.1, 0.15) is 6.61 Å². The van der Waals surface area contributed by atoms with Gasteiger partial charge in [-0.3, -0.25) is 4.79 Å². The monoisotopic (exact) mass is 250 g/mol. The molecule has 0 unspecified atom stereocenters. The molecule has 1 aromatic carbocycles. The number of anilines is 2. The number of benzene rings is 1. The Morgan fingerprint density at radius 3 is 2.39 bits per heavy atom. The van der Waals surface area contributed by atoms with E-state index in [0.29, 0.717) is 5.69 Å². The van der Waals surface area contributed by atoms with Gasteiger partial charge in [-0.2, -0.15) is 0 Å². The Morgan fingerprint density at radius 2 is 1.89 bits per heavy atom. The first-order chi connectivity index (χ1) is 8.35. The highest BCUT2D eigenvalue weighted by molar-refractivity contribution is 5.93. The highest BCUT2D eigenvalue weighted by atomic mass is 16.5. The van der Waals surface area contributed by atoms with E-state index in [1.54, 1.807) is 24.1 Å². The molecule has 4 heteroatoms. The first-order valence-electron chi connectivity index (χ1n) is 6.12. The summed E-state index contributed by atoms with van der Waals surface area (Å²) in [6, 6.07) is 7.18. The third-order valence-electron chi connectivity index (χ3n) is 3.09. The second-order valence-electron chi connectivity index (χ2n) is 4.95. The van der Waals surface area contributed by atoms with Gasteiger partial charge < -0.3 is 15.4 Å². The van der Waals surface area contributed by atoms with Gasteiger partial charge in [-0.25, -0.2) is 0 Å². The predicted molar refractivity (Wildman–Crippen MR) is 74.6 cm³/mol. The van der Waals surface area contributed by atoms with Crippen LogP contribution in [0.25, 0.3) is 0 Å². The molecule has 100 valence electrons. The lowest BCUT2D eigenvalue weighted by Gasteiger charge is -2.25. The Kier molecular flexibility index (Phi) is 4.73. The summed E-state index contributed by atoms with van der Waals surface area (Å²) in [7, 11) is 1.73. The van der Waals surface area contributed by atoms with E-state index in [0.717, 1.165) is 12.1 Å². The molecule has 1 aromatic rings. The van der Waals surface area contributed by atoms with Gasteiger partial charge in [0, 0.05) is 18.4 Å². The highest BCUT2D eigenvalue weighted by Gasteiger charge is 2.19. The number of nitrogens with two attached hydrogens (primary N) is 1. The molecule has 0 radical (unpaired) electrons. The molecule has 0 fully saturated rings. The molecule has 2 N–H and O–H groups in total. The van der Waals surface area contributed by atoms with E-state index in [1.807, 2.05) is 32.9 Å². The van der Waals surface area contributed by atoms with Crippen molar-refractivity contribution in [2.45, 2.75) is 32.8 Å². The molecule has 0 heterocycles. The number of carbonyl (C=O) groups excluding carboxylic acids is 1. The van der Waals surface area contributed by atoms with Gasteiger partial charge in [0.05, 0.1) is 5.60 Å². The van der Waals surface area contributed by atoms with Crippen LogP contribution in [0.1, 0.15) is 27.2 Å². The van der Waals surface area contributed by atoms with Crippen LogP contribution >= 0.6 is 0 Å². The molecule has 1 rings (SSSR count).